The Morgan fingerprint density at radius 3 is 2.25 bits per heavy atom. The van der Waals surface area contributed by atoms with Gasteiger partial charge in [0.15, 0.2) is 11.5 Å². The smallest absolute Gasteiger partial charge is 0.240 e. The van der Waals surface area contributed by atoms with Gasteiger partial charge in [-0.15, -0.1) is 0 Å². The molecule has 2 rings (SSSR count). The molecule has 0 saturated carbocycles. The topological polar surface area (TPSA) is 93.7 Å². The Morgan fingerprint density at radius 2 is 1.68 bits per heavy atom. The molecular weight excluding hydrogens is 380 g/mol. The zero-order valence-electron chi connectivity index (χ0n) is 16.5. The first-order valence-electron chi connectivity index (χ1n) is 8.84. The van der Waals surface area contributed by atoms with Crippen LogP contribution >= 0.6 is 0 Å². The zero-order valence-corrected chi connectivity index (χ0v) is 17.3. The minimum Gasteiger partial charge on any atom is -0.493 e. The monoisotopic (exact) mass is 406 g/mol. The normalized spacial score (nSPS) is 12.3. The molecule has 152 valence electrons. The molecule has 0 heterocycles. The van der Waals surface area contributed by atoms with Crippen molar-refractivity contribution in [1.29, 1.82) is 0 Å². The van der Waals surface area contributed by atoms with E-state index in [9.17, 15) is 13.2 Å². The van der Waals surface area contributed by atoms with Crippen molar-refractivity contribution in [3.8, 4) is 11.5 Å². The van der Waals surface area contributed by atoms with Gasteiger partial charge in [-0.3, -0.25) is 4.79 Å². The summed E-state index contributed by atoms with van der Waals surface area (Å²) in [7, 11) is 1.06. The highest BCUT2D eigenvalue weighted by Gasteiger charge is 2.14. The summed E-state index contributed by atoms with van der Waals surface area (Å²) in [6.07, 6.45) is 0.820. The maximum atomic E-state index is 12.3. The van der Waals surface area contributed by atoms with E-state index in [1.165, 1.54) is 19.2 Å². The molecule has 2 aromatic rings. The second kappa shape index (κ2) is 9.57. The van der Waals surface area contributed by atoms with E-state index in [2.05, 4.69) is 10.0 Å². The first kappa shape index (κ1) is 21.7. The van der Waals surface area contributed by atoms with Crippen molar-refractivity contribution in [3.05, 3.63) is 53.6 Å². The van der Waals surface area contributed by atoms with E-state index in [0.717, 1.165) is 11.1 Å². The largest absolute Gasteiger partial charge is 0.493 e. The molecule has 8 heteroatoms. The molecule has 0 spiro atoms. The van der Waals surface area contributed by atoms with Crippen molar-refractivity contribution in [2.75, 3.05) is 21.3 Å². The van der Waals surface area contributed by atoms with Crippen LogP contribution in [0.4, 0.5) is 0 Å². The van der Waals surface area contributed by atoms with Crippen molar-refractivity contribution in [2.45, 2.75) is 30.7 Å². The van der Waals surface area contributed by atoms with Gasteiger partial charge in [0.1, 0.15) is 0 Å². The summed E-state index contributed by atoms with van der Waals surface area (Å²) in [5.41, 5.74) is 1.80. The SMILES string of the molecule is CNS(=O)(=O)c1ccc(CCC(=O)N[C@H](C)c2ccc(OC)c(OC)c2)cc1. The maximum Gasteiger partial charge on any atom is 0.240 e. The molecule has 28 heavy (non-hydrogen) atoms. The van der Waals surface area contributed by atoms with E-state index < -0.39 is 10.0 Å². The van der Waals surface area contributed by atoms with Gasteiger partial charge in [-0.25, -0.2) is 13.1 Å². The molecule has 0 saturated heterocycles. The van der Waals surface area contributed by atoms with E-state index in [0.29, 0.717) is 24.3 Å². The number of carbonyl (C=O) groups is 1. The van der Waals surface area contributed by atoms with Crippen LogP contribution in [0.3, 0.4) is 0 Å². The fourth-order valence-corrected chi connectivity index (χ4v) is 3.46. The van der Waals surface area contributed by atoms with Gasteiger partial charge in [0.2, 0.25) is 15.9 Å². The molecule has 2 aromatic carbocycles. The molecule has 1 amide bonds. The fourth-order valence-electron chi connectivity index (χ4n) is 2.73. The highest BCUT2D eigenvalue weighted by atomic mass is 32.2. The average Bonchev–Trinajstić information content (AvgIpc) is 2.71. The molecule has 0 aliphatic rings. The molecule has 0 radical (unpaired) electrons. The predicted molar refractivity (Wildman–Crippen MR) is 107 cm³/mol. The second-order valence-electron chi connectivity index (χ2n) is 6.26. The van der Waals surface area contributed by atoms with Crippen LogP contribution in [-0.4, -0.2) is 35.6 Å². The number of methoxy groups -OCH3 is 2. The van der Waals surface area contributed by atoms with Gasteiger partial charge in [-0.05, 0) is 55.8 Å². The molecule has 0 unspecified atom stereocenters. The predicted octanol–water partition coefficient (Wildman–Crippen LogP) is 2.42. The molecule has 0 aromatic heterocycles. The summed E-state index contributed by atoms with van der Waals surface area (Å²) in [4.78, 5) is 12.5. The summed E-state index contributed by atoms with van der Waals surface area (Å²) in [6, 6.07) is 11.8. The van der Waals surface area contributed by atoms with Crippen LogP contribution in [0.5, 0.6) is 11.5 Å². The standard InChI is InChI=1S/C20H26N2O5S/c1-14(16-8-11-18(26-3)19(13-16)27-4)22-20(23)12-7-15-5-9-17(10-6-15)28(24,25)21-2/h5-6,8-11,13-14,21H,7,12H2,1-4H3,(H,22,23)/t14-/m1/s1. The molecule has 0 bridgehead atoms. The number of ether oxygens (including phenoxy) is 2. The summed E-state index contributed by atoms with van der Waals surface area (Å²) < 4.78 is 36.2. The van der Waals surface area contributed by atoms with Crippen LogP contribution in [0.1, 0.15) is 30.5 Å². The number of aryl methyl sites for hydroxylation is 1. The summed E-state index contributed by atoms with van der Waals surface area (Å²) >= 11 is 0. The van der Waals surface area contributed by atoms with Crippen molar-refractivity contribution in [3.63, 3.8) is 0 Å². The molecule has 0 aliphatic heterocycles. The van der Waals surface area contributed by atoms with Gasteiger partial charge < -0.3 is 14.8 Å². The van der Waals surface area contributed by atoms with E-state index >= 15 is 0 Å². The van der Waals surface area contributed by atoms with Gasteiger partial charge in [0.05, 0.1) is 25.2 Å². The Hall–Kier alpha value is -2.58. The molecule has 0 fully saturated rings. The van der Waals surface area contributed by atoms with Gasteiger partial charge in [-0.1, -0.05) is 18.2 Å². The molecular formula is C20H26N2O5S. The first-order valence-corrected chi connectivity index (χ1v) is 10.3. The van der Waals surface area contributed by atoms with E-state index in [1.54, 1.807) is 32.4 Å². The van der Waals surface area contributed by atoms with Crippen molar-refractivity contribution in [2.24, 2.45) is 0 Å². The average molecular weight is 407 g/mol. The van der Waals surface area contributed by atoms with Gasteiger partial charge >= 0.3 is 0 Å². The number of hydrogen-bond acceptors (Lipinski definition) is 5. The third-order valence-electron chi connectivity index (χ3n) is 4.43. The number of carbonyl (C=O) groups excluding carboxylic acids is 1. The minimum absolute atomic E-state index is 0.0887. The third kappa shape index (κ3) is 5.46. The lowest BCUT2D eigenvalue weighted by Gasteiger charge is -2.16. The van der Waals surface area contributed by atoms with Crippen molar-refractivity contribution < 1.29 is 22.7 Å². The van der Waals surface area contributed by atoms with Crippen LogP contribution in [0, 0.1) is 0 Å². The number of hydrogen-bond donors (Lipinski definition) is 2. The summed E-state index contributed by atoms with van der Waals surface area (Å²) in [5, 5.41) is 2.96. The summed E-state index contributed by atoms with van der Waals surface area (Å²) in [6.45, 7) is 1.90. The number of benzene rings is 2. The molecule has 0 aliphatic carbocycles. The Morgan fingerprint density at radius 1 is 1.04 bits per heavy atom. The van der Waals surface area contributed by atoms with Gasteiger partial charge in [-0.2, -0.15) is 0 Å². The molecule has 1 atom stereocenters. The Labute approximate surface area is 166 Å². The van der Waals surface area contributed by atoms with Gasteiger partial charge in [0.25, 0.3) is 0 Å². The number of sulfonamides is 1. The molecule has 7 nitrogen and oxygen atoms in total. The number of amides is 1. The fraction of sp³-hybridized carbons (Fsp3) is 0.350. The zero-order chi connectivity index (χ0) is 20.7. The van der Waals surface area contributed by atoms with Gasteiger partial charge in [0, 0.05) is 6.42 Å². The Bertz CT molecular complexity index is 911. The van der Waals surface area contributed by atoms with Crippen LogP contribution in [0.25, 0.3) is 0 Å². The minimum atomic E-state index is -3.45. The second-order valence-corrected chi connectivity index (χ2v) is 8.14. The van der Waals surface area contributed by atoms with Crippen LogP contribution in [-0.2, 0) is 21.2 Å². The molecule has 2 N–H and O–H groups in total. The number of rotatable bonds is 9. The van der Waals surface area contributed by atoms with Crippen LogP contribution in [0.15, 0.2) is 47.4 Å². The maximum absolute atomic E-state index is 12.3. The lowest BCUT2D eigenvalue weighted by molar-refractivity contribution is -0.121. The van der Waals surface area contributed by atoms with Crippen LogP contribution in [0.2, 0.25) is 0 Å². The van der Waals surface area contributed by atoms with E-state index in [-0.39, 0.29) is 16.8 Å². The Balaban J connectivity index is 1.93. The number of nitrogens with one attached hydrogen (secondary N) is 2. The highest BCUT2D eigenvalue weighted by Crippen LogP contribution is 2.29. The van der Waals surface area contributed by atoms with Crippen LogP contribution < -0.4 is 19.5 Å². The third-order valence-corrected chi connectivity index (χ3v) is 5.86. The quantitative estimate of drug-likeness (QED) is 0.667. The van der Waals surface area contributed by atoms with Crippen molar-refractivity contribution >= 4 is 15.9 Å². The van der Waals surface area contributed by atoms with E-state index in [1.807, 2.05) is 19.1 Å². The van der Waals surface area contributed by atoms with Crippen molar-refractivity contribution in [1.82, 2.24) is 10.0 Å². The first-order chi connectivity index (χ1) is 13.3. The van der Waals surface area contributed by atoms with E-state index in [4.69, 9.17) is 9.47 Å². The Kier molecular flexibility index (Phi) is 7.42. The summed E-state index contributed by atoms with van der Waals surface area (Å²) in [5.74, 6) is 1.15. The lowest BCUT2D eigenvalue weighted by atomic mass is 10.1. The highest BCUT2D eigenvalue weighted by molar-refractivity contribution is 7.89. The lowest BCUT2D eigenvalue weighted by Crippen LogP contribution is -2.26.